The number of unbranched alkanes of at least 4 members (excludes halogenated alkanes) is 2. The lowest BCUT2D eigenvalue weighted by molar-refractivity contribution is 0.0869. The van der Waals surface area contributed by atoms with E-state index in [1.165, 1.54) is 0 Å². The molecular weight excluding hydrogens is 282 g/mol. The number of rotatable bonds is 9. The number of hydrogen-bond donors (Lipinski definition) is 2. The first-order valence-electron chi connectivity index (χ1n) is 7.67. The average Bonchev–Trinajstić information content (AvgIpc) is 2.51. The zero-order valence-electron chi connectivity index (χ0n) is 13.9. The van der Waals surface area contributed by atoms with Crippen molar-refractivity contribution in [3.05, 3.63) is 23.8 Å². The zero-order valence-corrected chi connectivity index (χ0v) is 13.9. The van der Waals surface area contributed by atoms with Crippen molar-refractivity contribution < 1.29 is 19.4 Å². The predicted octanol–water partition coefficient (Wildman–Crippen LogP) is 2.76. The highest BCUT2D eigenvalue weighted by atomic mass is 16.5. The number of hydrogen-bond acceptors (Lipinski definition) is 4. The number of nitrogens with one attached hydrogen (secondary N) is 1. The molecule has 0 heterocycles. The maximum Gasteiger partial charge on any atom is 0.251 e. The Morgan fingerprint density at radius 2 is 2.00 bits per heavy atom. The molecule has 0 saturated heterocycles. The molecule has 0 saturated carbocycles. The molecule has 2 N–H and O–H groups in total. The van der Waals surface area contributed by atoms with E-state index < -0.39 is 5.54 Å². The molecular formula is C17H27NO4. The minimum Gasteiger partial charge on any atom is -0.493 e. The van der Waals surface area contributed by atoms with Gasteiger partial charge in [0.2, 0.25) is 0 Å². The lowest BCUT2D eigenvalue weighted by Crippen LogP contribution is -2.46. The van der Waals surface area contributed by atoms with E-state index in [0.29, 0.717) is 23.7 Å². The maximum absolute atomic E-state index is 12.2. The lowest BCUT2D eigenvalue weighted by atomic mass is 10.1. The summed E-state index contributed by atoms with van der Waals surface area (Å²) in [6.07, 6.45) is 3.19. The zero-order chi connectivity index (χ0) is 16.6. The molecule has 0 aliphatic heterocycles. The minimum absolute atomic E-state index is 0.130. The Morgan fingerprint density at radius 3 is 2.59 bits per heavy atom. The van der Waals surface area contributed by atoms with Crippen LogP contribution in [0.4, 0.5) is 0 Å². The molecule has 0 spiro atoms. The van der Waals surface area contributed by atoms with Crippen LogP contribution in [0.15, 0.2) is 18.2 Å². The van der Waals surface area contributed by atoms with Crippen LogP contribution in [0, 0.1) is 0 Å². The van der Waals surface area contributed by atoms with Crippen LogP contribution < -0.4 is 14.8 Å². The first kappa shape index (κ1) is 18.3. The number of methoxy groups -OCH3 is 1. The van der Waals surface area contributed by atoms with E-state index in [-0.39, 0.29) is 12.5 Å². The van der Waals surface area contributed by atoms with Gasteiger partial charge in [-0.15, -0.1) is 0 Å². The van der Waals surface area contributed by atoms with E-state index in [2.05, 4.69) is 12.2 Å². The largest absolute Gasteiger partial charge is 0.493 e. The Morgan fingerprint density at radius 1 is 1.27 bits per heavy atom. The fourth-order valence-electron chi connectivity index (χ4n) is 1.88. The highest BCUT2D eigenvalue weighted by Crippen LogP contribution is 2.28. The Bertz CT molecular complexity index is 486. The van der Waals surface area contributed by atoms with Gasteiger partial charge in [0.15, 0.2) is 11.5 Å². The van der Waals surface area contributed by atoms with Crippen molar-refractivity contribution in [1.82, 2.24) is 5.32 Å². The number of aliphatic hydroxyl groups excluding tert-OH is 1. The molecule has 0 unspecified atom stereocenters. The van der Waals surface area contributed by atoms with Crippen molar-refractivity contribution in [3.63, 3.8) is 0 Å². The Hall–Kier alpha value is -1.75. The summed E-state index contributed by atoms with van der Waals surface area (Å²) in [5, 5.41) is 12.0. The number of carbonyl (C=O) groups excluding carboxylic acids is 1. The third kappa shape index (κ3) is 5.56. The number of carbonyl (C=O) groups is 1. The molecule has 0 aliphatic rings. The van der Waals surface area contributed by atoms with E-state index >= 15 is 0 Å². The van der Waals surface area contributed by atoms with Gasteiger partial charge in [0.05, 0.1) is 25.9 Å². The van der Waals surface area contributed by atoms with Crippen LogP contribution in [0.1, 0.15) is 50.4 Å². The molecule has 1 amide bonds. The van der Waals surface area contributed by atoms with Gasteiger partial charge in [-0.05, 0) is 38.5 Å². The summed E-state index contributed by atoms with van der Waals surface area (Å²) in [5.74, 6) is 0.919. The highest BCUT2D eigenvalue weighted by Gasteiger charge is 2.21. The van der Waals surface area contributed by atoms with Crippen LogP contribution in [-0.4, -0.2) is 36.9 Å². The molecule has 0 aromatic heterocycles. The van der Waals surface area contributed by atoms with Crippen molar-refractivity contribution in [2.75, 3.05) is 20.3 Å². The molecule has 0 bridgehead atoms. The van der Waals surface area contributed by atoms with Crippen LogP contribution >= 0.6 is 0 Å². The van der Waals surface area contributed by atoms with Gasteiger partial charge in [0.25, 0.3) is 5.91 Å². The fraction of sp³-hybridized carbons (Fsp3) is 0.588. The van der Waals surface area contributed by atoms with Gasteiger partial charge in [-0.25, -0.2) is 0 Å². The van der Waals surface area contributed by atoms with Gasteiger partial charge in [-0.2, -0.15) is 0 Å². The number of amides is 1. The predicted molar refractivity (Wildman–Crippen MR) is 86.6 cm³/mol. The van der Waals surface area contributed by atoms with Crippen molar-refractivity contribution in [2.45, 2.75) is 45.6 Å². The van der Waals surface area contributed by atoms with Crippen LogP contribution in [0.5, 0.6) is 11.5 Å². The quantitative estimate of drug-likeness (QED) is 0.688. The van der Waals surface area contributed by atoms with E-state index in [4.69, 9.17) is 9.47 Å². The second-order valence-electron chi connectivity index (χ2n) is 5.92. The molecule has 5 heteroatoms. The Labute approximate surface area is 132 Å². The first-order chi connectivity index (χ1) is 10.4. The maximum atomic E-state index is 12.2. The lowest BCUT2D eigenvalue weighted by Gasteiger charge is -2.23. The summed E-state index contributed by atoms with van der Waals surface area (Å²) in [6, 6.07) is 5.07. The summed E-state index contributed by atoms with van der Waals surface area (Å²) < 4.78 is 11.0. The standard InChI is InChI=1S/C17H27NO4/c1-5-6-7-10-22-15-11-13(8-9-14(15)21-4)16(20)18-17(2,3)12-19/h8-9,11,19H,5-7,10,12H2,1-4H3,(H,18,20). The molecule has 0 aliphatic carbocycles. The molecule has 0 atom stereocenters. The molecule has 0 radical (unpaired) electrons. The van der Waals surface area contributed by atoms with Crippen molar-refractivity contribution in [2.24, 2.45) is 0 Å². The summed E-state index contributed by atoms with van der Waals surface area (Å²) >= 11 is 0. The number of ether oxygens (including phenoxy) is 2. The van der Waals surface area contributed by atoms with Gasteiger partial charge < -0.3 is 19.9 Å². The van der Waals surface area contributed by atoms with Crippen molar-refractivity contribution in [3.8, 4) is 11.5 Å². The van der Waals surface area contributed by atoms with E-state index in [1.807, 2.05) is 0 Å². The van der Waals surface area contributed by atoms with Crippen molar-refractivity contribution in [1.29, 1.82) is 0 Å². The topological polar surface area (TPSA) is 67.8 Å². The van der Waals surface area contributed by atoms with Gasteiger partial charge in [0, 0.05) is 5.56 Å². The molecule has 1 aromatic carbocycles. The molecule has 1 aromatic rings. The average molecular weight is 309 g/mol. The van der Waals surface area contributed by atoms with E-state index in [1.54, 1.807) is 39.2 Å². The second kappa shape index (κ2) is 8.63. The molecule has 1 rings (SSSR count). The highest BCUT2D eigenvalue weighted by molar-refractivity contribution is 5.95. The fourth-order valence-corrected chi connectivity index (χ4v) is 1.88. The van der Waals surface area contributed by atoms with Crippen LogP contribution in [0.3, 0.4) is 0 Å². The van der Waals surface area contributed by atoms with Gasteiger partial charge >= 0.3 is 0 Å². The third-order valence-electron chi connectivity index (χ3n) is 3.28. The molecule has 22 heavy (non-hydrogen) atoms. The SMILES string of the molecule is CCCCCOc1cc(C(=O)NC(C)(C)CO)ccc1OC. The molecule has 0 fully saturated rings. The van der Waals surface area contributed by atoms with Crippen LogP contribution in [-0.2, 0) is 0 Å². The summed E-state index contributed by atoms with van der Waals surface area (Å²) in [5.41, 5.74) is -0.188. The number of aliphatic hydroxyl groups is 1. The van der Waals surface area contributed by atoms with Gasteiger partial charge in [-0.1, -0.05) is 19.8 Å². The minimum atomic E-state index is -0.668. The van der Waals surface area contributed by atoms with E-state index in [9.17, 15) is 9.90 Å². The summed E-state index contributed by atoms with van der Waals surface area (Å²) in [4.78, 5) is 12.2. The van der Waals surface area contributed by atoms with Gasteiger partial charge in [0.1, 0.15) is 0 Å². The Kier molecular flexibility index (Phi) is 7.18. The first-order valence-corrected chi connectivity index (χ1v) is 7.67. The second-order valence-corrected chi connectivity index (χ2v) is 5.92. The van der Waals surface area contributed by atoms with E-state index in [0.717, 1.165) is 19.3 Å². The van der Waals surface area contributed by atoms with Crippen LogP contribution in [0.25, 0.3) is 0 Å². The molecule has 124 valence electrons. The van der Waals surface area contributed by atoms with Gasteiger partial charge in [-0.3, -0.25) is 4.79 Å². The normalized spacial score (nSPS) is 11.1. The summed E-state index contributed by atoms with van der Waals surface area (Å²) in [6.45, 7) is 6.12. The third-order valence-corrected chi connectivity index (χ3v) is 3.28. The molecule has 5 nitrogen and oxygen atoms in total. The summed E-state index contributed by atoms with van der Waals surface area (Å²) in [7, 11) is 1.57. The Balaban J connectivity index is 2.82. The number of benzene rings is 1. The smallest absolute Gasteiger partial charge is 0.251 e. The monoisotopic (exact) mass is 309 g/mol. The van der Waals surface area contributed by atoms with Crippen LogP contribution in [0.2, 0.25) is 0 Å². The van der Waals surface area contributed by atoms with Crippen molar-refractivity contribution >= 4 is 5.91 Å².